The lowest BCUT2D eigenvalue weighted by Crippen LogP contribution is -2.41. The van der Waals surface area contributed by atoms with Crippen molar-refractivity contribution in [2.45, 2.75) is 12.5 Å². The Kier molecular flexibility index (Phi) is 6.86. The van der Waals surface area contributed by atoms with E-state index in [2.05, 4.69) is 10.1 Å². The molecule has 2 saturated heterocycles. The monoisotopic (exact) mass is 519 g/mol. The highest BCUT2D eigenvalue weighted by Crippen LogP contribution is 2.38. The predicted octanol–water partition coefficient (Wildman–Crippen LogP) is 3.42. The molecule has 14 heteroatoms. The number of halogens is 4. The zero-order valence-corrected chi connectivity index (χ0v) is 18.8. The van der Waals surface area contributed by atoms with Crippen molar-refractivity contribution in [3.8, 4) is 5.75 Å². The van der Waals surface area contributed by atoms with E-state index in [9.17, 15) is 27.6 Å². The normalized spacial score (nSPS) is 18.8. The number of hydrogen-bond acceptors (Lipinski definition) is 7. The molecule has 2 aliphatic rings. The largest absolute Gasteiger partial charge is 0.573 e. The highest BCUT2D eigenvalue weighted by Gasteiger charge is 2.38. The van der Waals surface area contributed by atoms with E-state index in [1.54, 1.807) is 6.07 Å². The Hall–Kier alpha value is -3.03. The lowest BCUT2D eigenvalue weighted by atomic mass is 10.2. The number of morpholine rings is 1. The van der Waals surface area contributed by atoms with Gasteiger partial charge in [0.05, 0.1) is 34.6 Å². The summed E-state index contributed by atoms with van der Waals surface area (Å²) in [6, 6.07) is 6.79. The van der Waals surface area contributed by atoms with Gasteiger partial charge in [-0.1, -0.05) is 11.6 Å². The molecule has 34 heavy (non-hydrogen) atoms. The van der Waals surface area contributed by atoms with Gasteiger partial charge in [-0.3, -0.25) is 14.5 Å². The molecule has 1 atom stereocenters. The molecule has 1 unspecified atom stereocenters. The second kappa shape index (κ2) is 9.68. The van der Waals surface area contributed by atoms with E-state index in [-0.39, 0.29) is 44.2 Å². The summed E-state index contributed by atoms with van der Waals surface area (Å²) in [7, 11) is 0. The average molecular weight is 520 g/mol. The third kappa shape index (κ3) is 5.54. The quantitative estimate of drug-likeness (QED) is 0.628. The zero-order valence-electron chi connectivity index (χ0n) is 17.3. The van der Waals surface area contributed by atoms with Crippen LogP contribution in [0, 0.1) is 0 Å². The lowest BCUT2D eigenvalue weighted by molar-refractivity contribution is -0.274. The highest BCUT2D eigenvalue weighted by atomic mass is 35.5. The van der Waals surface area contributed by atoms with E-state index in [0.717, 1.165) is 22.3 Å². The smallest absolute Gasteiger partial charge is 0.442 e. The van der Waals surface area contributed by atoms with E-state index < -0.39 is 36.1 Å². The molecular weight excluding hydrogens is 503 g/mol. The number of nitrogens with one attached hydrogen (secondary N) is 1. The first kappa shape index (κ1) is 24.1. The summed E-state index contributed by atoms with van der Waals surface area (Å²) in [4.78, 5) is 39.3. The number of carbonyl (C=O) groups is 3. The van der Waals surface area contributed by atoms with Crippen molar-refractivity contribution in [1.82, 2.24) is 5.32 Å². The first-order valence-electron chi connectivity index (χ1n) is 9.90. The number of ether oxygens (including phenoxy) is 3. The molecule has 0 bridgehead atoms. The minimum Gasteiger partial charge on any atom is -0.442 e. The second-order valence-corrected chi connectivity index (χ2v) is 8.94. The van der Waals surface area contributed by atoms with Gasteiger partial charge in [0, 0.05) is 18.3 Å². The van der Waals surface area contributed by atoms with Gasteiger partial charge in [-0.15, -0.1) is 24.5 Å². The lowest BCUT2D eigenvalue weighted by Gasteiger charge is -2.28. The number of amides is 3. The molecule has 1 aromatic heterocycles. The Balaban J connectivity index is 1.50. The molecular formula is C20H17ClF3N3O6S. The number of rotatable bonds is 6. The van der Waals surface area contributed by atoms with E-state index in [0.29, 0.717) is 9.21 Å². The van der Waals surface area contributed by atoms with Crippen LogP contribution < -0.4 is 19.9 Å². The molecule has 182 valence electrons. The maximum Gasteiger partial charge on any atom is 0.573 e. The summed E-state index contributed by atoms with van der Waals surface area (Å²) < 4.78 is 54.1. The van der Waals surface area contributed by atoms with E-state index in [1.807, 2.05) is 0 Å². The Morgan fingerprint density at radius 3 is 2.71 bits per heavy atom. The Bertz CT molecular complexity index is 1110. The van der Waals surface area contributed by atoms with Gasteiger partial charge in [0.2, 0.25) is 0 Å². The fourth-order valence-electron chi connectivity index (χ4n) is 3.45. The number of alkyl halides is 3. The third-order valence-electron chi connectivity index (χ3n) is 4.92. The average Bonchev–Trinajstić information content (AvgIpc) is 3.37. The van der Waals surface area contributed by atoms with Crippen LogP contribution in [-0.4, -0.2) is 63.2 Å². The predicted molar refractivity (Wildman–Crippen MR) is 116 cm³/mol. The van der Waals surface area contributed by atoms with Crippen molar-refractivity contribution >= 4 is 52.2 Å². The van der Waals surface area contributed by atoms with Gasteiger partial charge in [0.25, 0.3) is 11.8 Å². The van der Waals surface area contributed by atoms with E-state index in [1.165, 1.54) is 23.1 Å². The number of cyclic esters (lactones) is 1. The summed E-state index contributed by atoms with van der Waals surface area (Å²) in [6.07, 6.45) is -6.76. The van der Waals surface area contributed by atoms with Crippen LogP contribution in [0.25, 0.3) is 0 Å². The van der Waals surface area contributed by atoms with Crippen molar-refractivity contribution < 1.29 is 41.8 Å². The first-order valence-corrected chi connectivity index (χ1v) is 11.1. The number of carbonyl (C=O) groups excluding carboxylic acids is 3. The van der Waals surface area contributed by atoms with Crippen LogP contribution in [0.1, 0.15) is 9.67 Å². The van der Waals surface area contributed by atoms with E-state index in [4.69, 9.17) is 21.1 Å². The fraction of sp³-hybridized carbons (Fsp3) is 0.350. The van der Waals surface area contributed by atoms with Gasteiger partial charge in [0.15, 0.2) is 5.75 Å². The van der Waals surface area contributed by atoms with Crippen LogP contribution in [-0.2, 0) is 14.3 Å². The van der Waals surface area contributed by atoms with Crippen LogP contribution in [0.15, 0.2) is 30.3 Å². The number of thiophene rings is 1. The number of benzene rings is 1. The maximum atomic E-state index is 13.1. The number of hydrogen-bond donors (Lipinski definition) is 1. The Morgan fingerprint density at radius 1 is 1.24 bits per heavy atom. The molecule has 2 fully saturated rings. The summed E-state index contributed by atoms with van der Waals surface area (Å²) >= 11 is 6.88. The van der Waals surface area contributed by atoms with Crippen molar-refractivity contribution in [3.05, 3.63) is 39.5 Å². The molecule has 0 saturated carbocycles. The minimum absolute atomic E-state index is 0.0631. The number of nitrogens with zero attached hydrogens (tertiary/aromatic N) is 2. The van der Waals surface area contributed by atoms with Crippen molar-refractivity contribution in [1.29, 1.82) is 0 Å². The van der Waals surface area contributed by atoms with Crippen molar-refractivity contribution in [2.75, 3.05) is 42.6 Å². The molecule has 0 spiro atoms. The van der Waals surface area contributed by atoms with Crippen LogP contribution in [0.5, 0.6) is 5.75 Å². The highest BCUT2D eigenvalue weighted by molar-refractivity contribution is 7.18. The molecule has 1 N–H and O–H groups in total. The SMILES string of the molecule is O=C(NCC1CN(c2ccc(N3CCOCC3=O)cc2OC(F)(F)F)C(=O)O1)c1ccc(Cl)s1. The summed E-state index contributed by atoms with van der Waals surface area (Å²) in [5.74, 6) is -1.51. The summed E-state index contributed by atoms with van der Waals surface area (Å²) in [5.41, 5.74) is -0.0204. The molecule has 3 heterocycles. The van der Waals surface area contributed by atoms with Crippen LogP contribution in [0.2, 0.25) is 4.34 Å². The van der Waals surface area contributed by atoms with Gasteiger partial charge in [0.1, 0.15) is 12.7 Å². The topological polar surface area (TPSA) is 97.4 Å². The second-order valence-electron chi connectivity index (χ2n) is 7.23. The fourth-order valence-corrected chi connectivity index (χ4v) is 4.41. The van der Waals surface area contributed by atoms with Gasteiger partial charge in [-0.05, 0) is 24.3 Å². The van der Waals surface area contributed by atoms with Crippen LogP contribution in [0.4, 0.5) is 29.3 Å². The number of anilines is 2. The Labute approximate surface area is 199 Å². The standard InChI is InChI=1S/C20H17ClF3N3O6S/c21-16-4-3-15(34-16)18(29)25-8-12-9-27(19(30)32-12)13-2-1-11(7-14(13)33-20(22,23)24)26-5-6-31-10-17(26)28/h1-4,7,12H,5-6,8-10H2,(H,25,29). The van der Waals surface area contributed by atoms with Crippen LogP contribution >= 0.6 is 22.9 Å². The van der Waals surface area contributed by atoms with Crippen molar-refractivity contribution in [2.24, 2.45) is 0 Å². The first-order chi connectivity index (χ1) is 16.1. The van der Waals surface area contributed by atoms with Gasteiger partial charge in [-0.2, -0.15) is 0 Å². The zero-order chi connectivity index (χ0) is 24.5. The summed E-state index contributed by atoms with van der Waals surface area (Å²) in [5, 5.41) is 2.60. The van der Waals surface area contributed by atoms with Crippen molar-refractivity contribution in [3.63, 3.8) is 0 Å². The molecule has 0 aliphatic carbocycles. The van der Waals surface area contributed by atoms with Gasteiger partial charge < -0.3 is 24.4 Å². The minimum atomic E-state index is -5.04. The molecule has 2 aliphatic heterocycles. The molecule has 4 rings (SSSR count). The van der Waals surface area contributed by atoms with E-state index >= 15 is 0 Å². The molecule has 3 amide bonds. The van der Waals surface area contributed by atoms with Gasteiger partial charge >= 0.3 is 12.5 Å². The summed E-state index contributed by atoms with van der Waals surface area (Å²) in [6.45, 7) is 0.000611. The molecule has 1 aromatic carbocycles. The third-order valence-corrected chi connectivity index (χ3v) is 6.15. The molecule has 0 radical (unpaired) electrons. The van der Waals surface area contributed by atoms with Crippen LogP contribution in [0.3, 0.4) is 0 Å². The maximum absolute atomic E-state index is 13.1. The molecule has 9 nitrogen and oxygen atoms in total. The Morgan fingerprint density at radius 2 is 2.03 bits per heavy atom. The molecule has 2 aromatic rings. The van der Waals surface area contributed by atoms with Gasteiger partial charge in [-0.25, -0.2) is 4.79 Å².